The van der Waals surface area contributed by atoms with E-state index in [1.165, 1.54) is 30.4 Å². The molecule has 122 valence electrons. The third kappa shape index (κ3) is 4.20. The van der Waals surface area contributed by atoms with Crippen molar-refractivity contribution in [1.82, 2.24) is 10.3 Å². The molecule has 1 amide bonds. The van der Waals surface area contributed by atoms with Gasteiger partial charge in [-0.15, -0.1) is 11.3 Å². The predicted octanol–water partition coefficient (Wildman–Crippen LogP) is 4.00. The molecule has 1 heterocycles. The highest BCUT2D eigenvalue weighted by atomic mass is 32.1. The summed E-state index contributed by atoms with van der Waals surface area (Å²) in [5.74, 6) is 0.514. The Balaban J connectivity index is 1.54. The molecule has 2 aromatic rings. The van der Waals surface area contributed by atoms with Crippen LogP contribution in [0.2, 0.25) is 0 Å². The Bertz CT molecular complexity index is 690. The zero-order valence-electron chi connectivity index (χ0n) is 13.9. The summed E-state index contributed by atoms with van der Waals surface area (Å²) in [5.41, 5.74) is 4.97. The molecule has 0 fully saturated rings. The average molecular weight is 328 g/mol. The summed E-state index contributed by atoms with van der Waals surface area (Å²) in [6.45, 7) is 4.79. The zero-order valence-corrected chi connectivity index (χ0v) is 14.7. The number of benzene rings is 1. The lowest BCUT2D eigenvalue weighted by Gasteiger charge is -2.16. The summed E-state index contributed by atoms with van der Waals surface area (Å²) in [6, 6.07) is 6.52. The third-order valence-corrected chi connectivity index (χ3v) is 5.50. The second-order valence-corrected chi connectivity index (χ2v) is 7.49. The number of thiazole rings is 1. The van der Waals surface area contributed by atoms with Crippen molar-refractivity contribution in [3.63, 3.8) is 0 Å². The molecule has 0 spiro atoms. The summed E-state index contributed by atoms with van der Waals surface area (Å²) >= 11 is 1.67. The third-order valence-electron chi connectivity index (χ3n) is 4.31. The van der Waals surface area contributed by atoms with Crippen LogP contribution in [-0.4, -0.2) is 10.9 Å². The van der Waals surface area contributed by atoms with E-state index in [1.54, 1.807) is 11.3 Å². The van der Waals surface area contributed by atoms with Gasteiger partial charge in [-0.3, -0.25) is 4.79 Å². The van der Waals surface area contributed by atoms with Gasteiger partial charge in [0.2, 0.25) is 5.91 Å². The molecular formula is C19H24N2OS. The number of nitrogens with one attached hydrogen (secondary N) is 1. The molecule has 0 unspecified atom stereocenters. The van der Waals surface area contributed by atoms with Gasteiger partial charge >= 0.3 is 0 Å². The number of hydrogen-bond donors (Lipinski definition) is 1. The quantitative estimate of drug-likeness (QED) is 0.901. The number of carbonyl (C=O) groups is 1. The van der Waals surface area contributed by atoms with Crippen molar-refractivity contribution in [2.45, 2.75) is 58.4 Å². The number of rotatable bonds is 5. The SMILES string of the molecule is CC(C)c1nc(CNC(=O)Cc2ccc3c(c2)CCCC3)cs1. The topological polar surface area (TPSA) is 42.0 Å². The Morgan fingerprint density at radius 3 is 2.78 bits per heavy atom. The maximum atomic E-state index is 12.2. The first-order chi connectivity index (χ1) is 11.1. The maximum absolute atomic E-state index is 12.2. The zero-order chi connectivity index (χ0) is 16.2. The first kappa shape index (κ1) is 16.2. The van der Waals surface area contributed by atoms with Crippen LogP contribution in [0.1, 0.15) is 60.0 Å². The average Bonchev–Trinajstić information content (AvgIpc) is 3.02. The normalized spacial score (nSPS) is 13.9. The highest BCUT2D eigenvalue weighted by Gasteiger charge is 2.12. The monoisotopic (exact) mass is 328 g/mol. The standard InChI is InChI=1S/C19H24N2OS/c1-13(2)19-21-17(12-23-19)11-20-18(22)10-14-7-8-15-5-3-4-6-16(15)9-14/h7-9,12-13H,3-6,10-11H2,1-2H3,(H,20,22). The minimum Gasteiger partial charge on any atom is -0.350 e. The lowest BCUT2D eigenvalue weighted by atomic mass is 9.90. The van der Waals surface area contributed by atoms with Crippen molar-refractivity contribution in [3.8, 4) is 0 Å². The van der Waals surface area contributed by atoms with Gasteiger partial charge in [0.05, 0.1) is 23.7 Å². The van der Waals surface area contributed by atoms with Crippen molar-refractivity contribution in [1.29, 1.82) is 0 Å². The molecule has 0 bridgehead atoms. The van der Waals surface area contributed by atoms with E-state index < -0.39 is 0 Å². The van der Waals surface area contributed by atoms with E-state index in [2.05, 4.69) is 42.3 Å². The molecule has 1 aliphatic rings. The molecular weight excluding hydrogens is 304 g/mol. The van der Waals surface area contributed by atoms with Crippen LogP contribution in [0, 0.1) is 0 Å². The summed E-state index contributed by atoms with van der Waals surface area (Å²) < 4.78 is 0. The van der Waals surface area contributed by atoms with Crippen molar-refractivity contribution >= 4 is 17.2 Å². The largest absolute Gasteiger partial charge is 0.350 e. The minimum absolute atomic E-state index is 0.0693. The Hall–Kier alpha value is -1.68. The van der Waals surface area contributed by atoms with Gasteiger partial charge < -0.3 is 5.32 Å². The molecule has 0 atom stereocenters. The lowest BCUT2D eigenvalue weighted by Crippen LogP contribution is -2.24. The summed E-state index contributed by atoms with van der Waals surface area (Å²) in [7, 11) is 0. The Morgan fingerprint density at radius 2 is 2.04 bits per heavy atom. The Kier molecular flexibility index (Phi) is 5.11. The van der Waals surface area contributed by atoms with Crippen LogP contribution in [-0.2, 0) is 30.6 Å². The summed E-state index contributed by atoms with van der Waals surface area (Å²) in [4.78, 5) is 16.7. The van der Waals surface area contributed by atoms with Gasteiger partial charge in [0, 0.05) is 11.3 Å². The molecule has 1 aromatic heterocycles. The van der Waals surface area contributed by atoms with Gasteiger partial charge in [0.25, 0.3) is 0 Å². The number of amides is 1. The smallest absolute Gasteiger partial charge is 0.224 e. The van der Waals surface area contributed by atoms with E-state index in [9.17, 15) is 4.79 Å². The van der Waals surface area contributed by atoms with Crippen molar-refractivity contribution in [2.24, 2.45) is 0 Å². The fourth-order valence-electron chi connectivity index (χ4n) is 3.00. The first-order valence-corrected chi connectivity index (χ1v) is 9.31. The van der Waals surface area contributed by atoms with Crippen molar-refractivity contribution in [2.75, 3.05) is 0 Å². The van der Waals surface area contributed by atoms with E-state index in [1.807, 2.05) is 5.38 Å². The van der Waals surface area contributed by atoms with Gasteiger partial charge in [-0.05, 0) is 42.4 Å². The van der Waals surface area contributed by atoms with Crippen LogP contribution in [0.5, 0.6) is 0 Å². The lowest BCUT2D eigenvalue weighted by molar-refractivity contribution is -0.120. The van der Waals surface area contributed by atoms with E-state index >= 15 is 0 Å². The molecule has 3 nitrogen and oxygen atoms in total. The number of carbonyl (C=O) groups excluding carboxylic acids is 1. The van der Waals surface area contributed by atoms with Gasteiger partial charge in [-0.2, -0.15) is 0 Å². The number of aryl methyl sites for hydroxylation is 2. The second-order valence-electron chi connectivity index (χ2n) is 6.60. The van der Waals surface area contributed by atoms with E-state index in [0.717, 1.165) is 22.7 Å². The molecule has 0 radical (unpaired) electrons. The molecule has 1 aromatic carbocycles. The Labute approximate surface area is 142 Å². The number of hydrogen-bond acceptors (Lipinski definition) is 3. The van der Waals surface area contributed by atoms with Gasteiger partial charge in [-0.25, -0.2) is 4.98 Å². The molecule has 1 N–H and O–H groups in total. The number of nitrogens with zero attached hydrogens (tertiary/aromatic N) is 1. The number of aromatic nitrogens is 1. The molecule has 4 heteroatoms. The molecule has 0 aliphatic heterocycles. The predicted molar refractivity (Wildman–Crippen MR) is 94.8 cm³/mol. The van der Waals surface area contributed by atoms with Crippen molar-refractivity contribution in [3.05, 3.63) is 51.0 Å². The first-order valence-electron chi connectivity index (χ1n) is 8.43. The fourth-order valence-corrected chi connectivity index (χ4v) is 3.84. The van der Waals surface area contributed by atoms with E-state index in [4.69, 9.17) is 0 Å². The fraction of sp³-hybridized carbons (Fsp3) is 0.474. The second kappa shape index (κ2) is 7.26. The minimum atomic E-state index is 0.0693. The number of fused-ring (bicyclic) bond motifs is 1. The molecule has 0 saturated heterocycles. The highest BCUT2D eigenvalue weighted by molar-refractivity contribution is 7.09. The van der Waals surface area contributed by atoms with E-state index in [-0.39, 0.29) is 5.91 Å². The maximum Gasteiger partial charge on any atom is 0.224 e. The van der Waals surface area contributed by atoms with Crippen LogP contribution in [0.15, 0.2) is 23.6 Å². The summed E-state index contributed by atoms with van der Waals surface area (Å²) in [6.07, 6.45) is 5.35. The van der Waals surface area contributed by atoms with Gasteiger partial charge in [0.15, 0.2) is 0 Å². The van der Waals surface area contributed by atoms with E-state index in [0.29, 0.717) is 18.9 Å². The van der Waals surface area contributed by atoms with Crippen LogP contribution in [0.3, 0.4) is 0 Å². The van der Waals surface area contributed by atoms with Gasteiger partial charge in [-0.1, -0.05) is 32.0 Å². The molecule has 0 saturated carbocycles. The van der Waals surface area contributed by atoms with Crippen LogP contribution in [0.4, 0.5) is 0 Å². The van der Waals surface area contributed by atoms with Crippen LogP contribution < -0.4 is 5.32 Å². The molecule has 3 rings (SSSR count). The Morgan fingerprint density at radius 1 is 1.26 bits per heavy atom. The van der Waals surface area contributed by atoms with Crippen LogP contribution in [0.25, 0.3) is 0 Å². The van der Waals surface area contributed by atoms with Crippen LogP contribution >= 0.6 is 11.3 Å². The van der Waals surface area contributed by atoms with Gasteiger partial charge in [0.1, 0.15) is 0 Å². The molecule has 23 heavy (non-hydrogen) atoms. The highest BCUT2D eigenvalue weighted by Crippen LogP contribution is 2.22. The summed E-state index contributed by atoms with van der Waals surface area (Å²) in [5, 5.41) is 6.15. The molecule has 1 aliphatic carbocycles. The van der Waals surface area contributed by atoms with Crippen molar-refractivity contribution < 1.29 is 4.79 Å².